The van der Waals surface area contributed by atoms with Gasteiger partial charge in [-0.05, 0) is 45.4 Å². The van der Waals surface area contributed by atoms with Gasteiger partial charge in [0, 0.05) is 10.9 Å². The van der Waals surface area contributed by atoms with E-state index in [4.69, 9.17) is 16.0 Å². The standard InChI is InChI=1S/C15H20ClNO/c1-5-8-17-11(4)14-10(3)13-9(2)6-7-12(16)15(13)18-14/h6-7,11,17H,5,8H2,1-4H3. The Morgan fingerprint density at radius 3 is 2.67 bits per heavy atom. The van der Waals surface area contributed by atoms with Crippen molar-refractivity contribution in [3.63, 3.8) is 0 Å². The zero-order chi connectivity index (χ0) is 13.3. The highest BCUT2D eigenvalue weighted by Crippen LogP contribution is 2.35. The van der Waals surface area contributed by atoms with Crippen molar-refractivity contribution in [3.8, 4) is 0 Å². The van der Waals surface area contributed by atoms with E-state index in [-0.39, 0.29) is 6.04 Å². The first-order chi connectivity index (χ1) is 8.56. The minimum absolute atomic E-state index is 0.216. The van der Waals surface area contributed by atoms with Gasteiger partial charge in [-0.1, -0.05) is 24.6 Å². The molecule has 0 aliphatic rings. The molecule has 1 unspecified atom stereocenters. The maximum Gasteiger partial charge on any atom is 0.153 e. The van der Waals surface area contributed by atoms with E-state index >= 15 is 0 Å². The molecule has 0 saturated heterocycles. The molecule has 1 aromatic carbocycles. The predicted molar refractivity (Wildman–Crippen MR) is 77.4 cm³/mol. The van der Waals surface area contributed by atoms with Crippen molar-refractivity contribution in [2.24, 2.45) is 0 Å². The van der Waals surface area contributed by atoms with Crippen LogP contribution in [0.15, 0.2) is 16.5 Å². The van der Waals surface area contributed by atoms with Crippen molar-refractivity contribution in [2.45, 2.75) is 40.2 Å². The van der Waals surface area contributed by atoms with Crippen molar-refractivity contribution in [3.05, 3.63) is 34.0 Å². The maximum atomic E-state index is 6.21. The summed E-state index contributed by atoms with van der Waals surface area (Å²) in [7, 11) is 0. The van der Waals surface area contributed by atoms with Gasteiger partial charge in [0.1, 0.15) is 5.76 Å². The Bertz CT molecular complexity index is 559. The number of nitrogens with one attached hydrogen (secondary N) is 1. The molecular weight excluding hydrogens is 246 g/mol. The monoisotopic (exact) mass is 265 g/mol. The summed E-state index contributed by atoms with van der Waals surface area (Å²) in [4.78, 5) is 0. The van der Waals surface area contributed by atoms with Gasteiger partial charge >= 0.3 is 0 Å². The molecule has 2 nitrogen and oxygen atoms in total. The Morgan fingerprint density at radius 2 is 2.06 bits per heavy atom. The lowest BCUT2D eigenvalue weighted by Crippen LogP contribution is -2.19. The van der Waals surface area contributed by atoms with Crippen LogP contribution in [0, 0.1) is 13.8 Å². The quantitative estimate of drug-likeness (QED) is 0.862. The number of rotatable bonds is 4. The number of furan rings is 1. The van der Waals surface area contributed by atoms with Crippen molar-refractivity contribution in [2.75, 3.05) is 6.54 Å². The molecule has 0 aliphatic heterocycles. The number of hydrogen-bond donors (Lipinski definition) is 1. The fourth-order valence-corrected chi connectivity index (χ4v) is 2.59. The molecule has 1 heterocycles. The molecule has 2 aromatic rings. The van der Waals surface area contributed by atoms with Crippen molar-refractivity contribution in [1.82, 2.24) is 5.32 Å². The molecule has 1 aromatic heterocycles. The minimum Gasteiger partial charge on any atom is -0.458 e. The van der Waals surface area contributed by atoms with E-state index in [1.807, 2.05) is 12.1 Å². The lowest BCUT2D eigenvalue weighted by atomic mass is 10.0. The van der Waals surface area contributed by atoms with Crippen molar-refractivity contribution >= 4 is 22.6 Å². The Kier molecular flexibility index (Phi) is 3.98. The third kappa shape index (κ3) is 2.27. The summed E-state index contributed by atoms with van der Waals surface area (Å²) in [5.41, 5.74) is 3.22. The zero-order valence-corrected chi connectivity index (χ0v) is 12.2. The molecule has 0 fully saturated rings. The molecule has 1 atom stereocenters. The molecule has 0 radical (unpaired) electrons. The second kappa shape index (κ2) is 5.33. The Labute approximate surface area is 113 Å². The van der Waals surface area contributed by atoms with Crippen molar-refractivity contribution in [1.29, 1.82) is 0 Å². The molecule has 0 saturated carbocycles. The molecule has 0 amide bonds. The fraction of sp³-hybridized carbons (Fsp3) is 0.467. The molecular formula is C15H20ClNO. The minimum atomic E-state index is 0.216. The maximum absolute atomic E-state index is 6.21. The van der Waals surface area contributed by atoms with Crippen LogP contribution in [0.25, 0.3) is 11.0 Å². The summed E-state index contributed by atoms with van der Waals surface area (Å²) in [5, 5.41) is 5.30. The topological polar surface area (TPSA) is 25.2 Å². The first-order valence-corrected chi connectivity index (χ1v) is 6.85. The van der Waals surface area contributed by atoms with E-state index in [2.05, 4.69) is 33.0 Å². The van der Waals surface area contributed by atoms with Crippen LogP contribution in [-0.2, 0) is 0 Å². The zero-order valence-electron chi connectivity index (χ0n) is 11.4. The van der Waals surface area contributed by atoms with Crippen LogP contribution in [0.2, 0.25) is 5.02 Å². The molecule has 2 rings (SSSR count). The second-order valence-electron chi connectivity index (χ2n) is 4.84. The third-order valence-electron chi connectivity index (χ3n) is 3.37. The average molecular weight is 266 g/mol. The normalized spacial score (nSPS) is 13.2. The number of halogens is 1. The van der Waals surface area contributed by atoms with E-state index in [1.165, 1.54) is 11.1 Å². The lowest BCUT2D eigenvalue weighted by molar-refractivity contribution is 0.449. The van der Waals surface area contributed by atoms with Crippen LogP contribution < -0.4 is 5.32 Å². The van der Waals surface area contributed by atoms with Crippen LogP contribution >= 0.6 is 11.6 Å². The summed E-state index contributed by atoms with van der Waals surface area (Å²) < 4.78 is 5.97. The number of fused-ring (bicyclic) bond motifs is 1. The van der Waals surface area contributed by atoms with Gasteiger partial charge < -0.3 is 9.73 Å². The van der Waals surface area contributed by atoms with Gasteiger partial charge in [-0.2, -0.15) is 0 Å². The van der Waals surface area contributed by atoms with Gasteiger partial charge in [0.2, 0.25) is 0 Å². The third-order valence-corrected chi connectivity index (χ3v) is 3.67. The van der Waals surface area contributed by atoms with Crippen LogP contribution in [0.1, 0.15) is 43.2 Å². The van der Waals surface area contributed by atoms with Crippen LogP contribution in [-0.4, -0.2) is 6.54 Å². The predicted octanol–water partition coefficient (Wildman–Crippen LogP) is 4.76. The van der Waals surface area contributed by atoms with Gasteiger partial charge in [0.25, 0.3) is 0 Å². The Morgan fingerprint density at radius 1 is 1.33 bits per heavy atom. The number of benzene rings is 1. The Hall–Kier alpha value is -0.990. The van der Waals surface area contributed by atoms with Gasteiger partial charge in [0.15, 0.2) is 5.58 Å². The highest BCUT2D eigenvalue weighted by Gasteiger charge is 2.18. The number of aryl methyl sites for hydroxylation is 2. The van der Waals surface area contributed by atoms with Gasteiger partial charge in [-0.25, -0.2) is 0 Å². The molecule has 18 heavy (non-hydrogen) atoms. The Balaban J connectivity index is 2.50. The van der Waals surface area contributed by atoms with Crippen LogP contribution in [0.5, 0.6) is 0 Å². The summed E-state index contributed by atoms with van der Waals surface area (Å²) in [5.74, 6) is 0.995. The molecule has 0 aliphatic carbocycles. The average Bonchev–Trinajstić information content (AvgIpc) is 2.70. The molecule has 1 N–H and O–H groups in total. The van der Waals surface area contributed by atoms with E-state index in [0.717, 1.165) is 29.7 Å². The number of hydrogen-bond acceptors (Lipinski definition) is 2. The largest absolute Gasteiger partial charge is 0.458 e. The molecule has 3 heteroatoms. The molecule has 0 spiro atoms. The first kappa shape index (κ1) is 13.4. The fourth-order valence-electron chi connectivity index (χ4n) is 2.40. The van der Waals surface area contributed by atoms with Gasteiger partial charge in [0.05, 0.1) is 11.1 Å². The smallest absolute Gasteiger partial charge is 0.153 e. The van der Waals surface area contributed by atoms with Gasteiger partial charge in [-0.15, -0.1) is 0 Å². The summed E-state index contributed by atoms with van der Waals surface area (Å²) in [6.07, 6.45) is 1.11. The van der Waals surface area contributed by atoms with Crippen LogP contribution in [0.3, 0.4) is 0 Å². The highest BCUT2D eigenvalue weighted by atomic mass is 35.5. The van der Waals surface area contributed by atoms with E-state index in [1.54, 1.807) is 0 Å². The highest BCUT2D eigenvalue weighted by molar-refractivity contribution is 6.35. The molecule has 0 bridgehead atoms. The van der Waals surface area contributed by atoms with E-state index in [0.29, 0.717) is 5.02 Å². The first-order valence-electron chi connectivity index (χ1n) is 6.47. The van der Waals surface area contributed by atoms with Gasteiger partial charge in [-0.3, -0.25) is 0 Å². The van der Waals surface area contributed by atoms with Crippen LogP contribution in [0.4, 0.5) is 0 Å². The summed E-state index contributed by atoms with van der Waals surface area (Å²) >= 11 is 6.21. The SMILES string of the molecule is CCCNC(C)c1oc2c(Cl)ccc(C)c2c1C. The van der Waals surface area contributed by atoms with E-state index in [9.17, 15) is 0 Å². The molecule has 98 valence electrons. The summed E-state index contributed by atoms with van der Waals surface area (Å²) in [6, 6.07) is 4.16. The summed E-state index contributed by atoms with van der Waals surface area (Å²) in [6.45, 7) is 9.48. The lowest BCUT2D eigenvalue weighted by Gasteiger charge is -2.11. The van der Waals surface area contributed by atoms with Crippen molar-refractivity contribution < 1.29 is 4.42 Å². The second-order valence-corrected chi connectivity index (χ2v) is 5.24. The van der Waals surface area contributed by atoms with E-state index < -0.39 is 0 Å².